The van der Waals surface area contributed by atoms with Gasteiger partial charge in [-0.1, -0.05) is 46.3 Å². The summed E-state index contributed by atoms with van der Waals surface area (Å²) in [6.07, 6.45) is 1.92. The Morgan fingerprint density at radius 1 is 1.19 bits per heavy atom. The smallest absolute Gasteiger partial charge is 0.312 e. The third kappa shape index (κ3) is 4.11. The first-order valence-corrected chi connectivity index (χ1v) is 13.5. The number of unbranched alkanes of at least 4 members (excludes halogenated alkanes) is 2. The number of hydrogen-bond donors (Lipinski definition) is 2. The Labute approximate surface area is 218 Å². The highest BCUT2D eigenvalue weighted by atomic mass is 79.9. The number of hydrogen-bond acceptors (Lipinski definition) is 6. The number of nitrogens with zero attached hydrogens (tertiary/aromatic N) is 1. The van der Waals surface area contributed by atoms with Crippen LogP contribution in [-0.2, 0) is 23.9 Å². The Kier molecular flexibility index (Phi) is 7.07. The highest BCUT2D eigenvalue weighted by Crippen LogP contribution is 2.60. The van der Waals surface area contributed by atoms with Gasteiger partial charge >= 0.3 is 5.97 Å². The van der Waals surface area contributed by atoms with E-state index in [4.69, 9.17) is 14.6 Å². The van der Waals surface area contributed by atoms with Gasteiger partial charge in [-0.2, -0.15) is 0 Å². The van der Waals surface area contributed by atoms with E-state index < -0.39 is 35.6 Å². The van der Waals surface area contributed by atoms with Gasteiger partial charge in [-0.3, -0.25) is 14.4 Å². The molecule has 0 saturated carbocycles. The van der Waals surface area contributed by atoms with Gasteiger partial charge in [0, 0.05) is 23.7 Å². The molecule has 3 aliphatic rings. The van der Waals surface area contributed by atoms with Crippen LogP contribution >= 0.6 is 15.9 Å². The lowest BCUT2D eigenvalue weighted by Gasteiger charge is -2.34. The van der Waals surface area contributed by atoms with Gasteiger partial charge in [-0.05, 0) is 55.5 Å². The molecule has 3 fully saturated rings. The van der Waals surface area contributed by atoms with Gasteiger partial charge in [0.05, 0.1) is 24.5 Å². The summed E-state index contributed by atoms with van der Waals surface area (Å²) in [4.78, 5) is 42.0. The largest absolute Gasteiger partial charge is 0.466 e. The number of nitrogens with one attached hydrogen (secondary N) is 1. The van der Waals surface area contributed by atoms with Crippen LogP contribution in [0.25, 0.3) is 10.8 Å². The zero-order chi connectivity index (χ0) is 25.4. The number of aliphatic hydroxyl groups is 1. The van der Waals surface area contributed by atoms with E-state index in [9.17, 15) is 14.4 Å². The second kappa shape index (κ2) is 10.1. The topological polar surface area (TPSA) is 105 Å². The highest BCUT2D eigenvalue weighted by Gasteiger charge is 2.76. The standard InChI is InChI=1S/C27H31BrN2O6/c1-2-35-26(34)20-21-25(33)30(12-6-3-7-13-31)23(27(21)15-19(28)22(20)36-27)24(32)29-18-11-10-16-8-4-5-9-17(16)14-18/h4-5,8-11,14,19-23,31H,2-3,6-7,12-13,15H2,1H3,(H,29,32)/t19?,20-,21+,22-,23-,27+/m0/s1. The van der Waals surface area contributed by atoms with Crippen LogP contribution in [0.3, 0.4) is 0 Å². The first kappa shape index (κ1) is 25.2. The fourth-order valence-corrected chi connectivity index (χ4v) is 7.17. The quantitative estimate of drug-likeness (QED) is 0.278. The van der Waals surface area contributed by atoms with Crippen molar-refractivity contribution in [3.63, 3.8) is 0 Å². The molecule has 0 radical (unpaired) electrons. The van der Waals surface area contributed by atoms with Gasteiger partial charge in [0.2, 0.25) is 11.8 Å². The van der Waals surface area contributed by atoms with E-state index >= 15 is 0 Å². The van der Waals surface area contributed by atoms with Crippen molar-refractivity contribution >= 4 is 50.2 Å². The highest BCUT2D eigenvalue weighted by molar-refractivity contribution is 9.09. The number of likely N-dealkylation sites (tertiary alicyclic amines) is 1. The van der Waals surface area contributed by atoms with E-state index in [1.165, 1.54) is 0 Å². The minimum absolute atomic E-state index is 0.0768. The van der Waals surface area contributed by atoms with Crippen molar-refractivity contribution < 1.29 is 29.0 Å². The van der Waals surface area contributed by atoms with Crippen LogP contribution in [0.1, 0.15) is 32.6 Å². The third-order valence-corrected chi connectivity index (χ3v) is 8.52. The Morgan fingerprint density at radius 2 is 1.97 bits per heavy atom. The number of ether oxygens (including phenoxy) is 2. The summed E-state index contributed by atoms with van der Waals surface area (Å²) >= 11 is 3.65. The van der Waals surface area contributed by atoms with E-state index in [1.807, 2.05) is 42.5 Å². The van der Waals surface area contributed by atoms with Gasteiger partial charge in [0.25, 0.3) is 0 Å². The molecule has 0 aromatic heterocycles. The van der Waals surface area contributed by atoms with Crippen LogP contribution < -0.4 is 5.32 Å². The first-order valence-electron chi connectivity index (χ1n) is 12.6. The van der Waals surface area contributed by atoms with Gasteiger partial charge in [-0.15, -0.1) is 0 Å². The number of aliphatic hydroxyl groups excluding tert-OH is 1. The van der Waals surface area contributed by atoms with E-state index in [0.29, 0.717) is 31.5 Å². The van der Waals surface area contributed by atoms with Crippen molar-refractivity contribution in [3.8, 4) is 0 Å². The maximum absolute atomic E-state index is 13.9. The average molecular weight is 559 g/mol. The molecule has 192 valence electrons. The van der Waals surface area contributed by atoms with Crippen molar-refractivity contribution in [1.29, 1.82) is 0 Å². The van der Waals surface area contributed by atoms with Crippen molar-refractivity contribution in [2.24, 2.45) is 11.8 Å². The summed E-state index contributed by atoms with van der Waals surface area (Å²) < 4.78 is 11.8. The fraction of sp³-hybridized carbons (Fsp3) is 0.519. The van der Waals surface area contributed by atoms with Crippen LogP contribution in [0, 0.1) is 11.8 Å². The number of benzene rings is 2. The number of halogens is 1. The van der Waals surface area contributed by atoms with Crippen LogP contribution in [0.15, 0.2) is 42.5 Å². The van der Waals surface area contributed by atoms with E-state index in [2.05, 4.69) is 21.2 Å². The Morgan fingerprint density at radius 3 is 2.72 bits per heavy atom. The molecule has 5 rings (SSSR count). The molecule has 8 nitrogen and oxygen atoms in total. The summed E-state index contributed by atoms with van der Waals surface area (Å²) in [6.45, 7) is 2.37. The number of alkyl halides is 1. The van der Waals surface area contributed by atoms with E-state index in [0.717, 1.165) is 17.2 Å². The molecule has 0 aliphatic carbocycles. The molecule has 3 saturated heterocycles. The molecule has 3 aliphatic heterocycles. The SMILES string of the molecule is CCOC(=O)[C@@H]1[C@H]2O[C@@]3(CC2Br)[C@H](C(=O)Nc2ccc4ccccc4c2)N(CCCCCO)C(=O)[C@@H]13. The Hall–Kier alpha value is -2.49. The number of fused-ring (bicyclic) bond motifs is 2. The van der Waals surface area contributed by atoms with Crippen LogP contribution in [-0.4, -0.2) is 70.1 Å². The molecule has 36 heavy (non-hydrogen) atoms. The molecule has 2 N–H and O–H groups in total. The molecule has 2 amide bonds. The molecule has 1 spiro atoms. The van der Waals surface area contributed by atoms with Crippen molar-refractivity contribution in [2.75, 3.05) is 25.1 Å². The maximum Gasteiger partial charge on any atom is 0.312 e. The van der Waals surface area contributed by atoms with Crippen LogP contribution in [0.4, 0.5) is 5.69 Å². The van der Waals surface area contributed by atoms with Gasteiger partial charge < -0.3 is 24.8 Å². The molecule has 2 bridgehead atoms. The molecule has 6 atom stereocenters. The molecule has 3 heterocycles. The number of carbonyl (C=O) groups excluding carboxylic acids is 3. The minimum Gasteiger partial charge on any atom is -0.466 e. The number of esters is 1. The summed E-state index contributed by atoms with van der Waals surface area (Å²) in [6, 6.07) is 12.7. The molecule has 9 heteroatoms. The first-order chi connectivity index (χ1) is 17.4. The number of anilines is 1. The van der Waals surface area contributed by atoms with Crippen LogP contribution in [0.5, 0.6) is 0 Å². The molecule has 1 unspecified atom stereocenters. The Bertz CT molecular complexity index is 1170. The lowest BCUT2D eigenvalue weighted by molar-refractivity contribution is -0.154. The summed E-state index contributed by atoms with van der Waals surface area (Å²) in [7, 11) is 0. The van der Waals surface area contributed by atoms with Gasteiger partial charge in [0.15, 0.2) is 0 Å². The number of rotatable bonds is 9. The van der Waals surface area contributed by atoms with Crippen molar-refractivity contribution in [2.45, 2.75) is 55.2 Å². The zero-order valence-corrected chi connectivity index (χ0v) is 21.8. The Balaban J connectivity index is 1.47. The molecule has 2 aromatic carbocycles. The average Bonchev–Trinajstić information content (AvgIpc) is 3.45. The molecular formula is C27H31BrN2O6. The van der Waals surface area contributed by atoms with Crippen LogP contribution in [0.2, 0.25) is 0 Å². The summed E-state index contributed by atoms with van der Waals surface area (Å²) in [5, 5.41) is 14.2. The molecular weight excluding hydrogens is 528 g/mol. The fourth-order valence-electron chi connectivity index (χ4n) is 6.23. The van der Waals surface area contributed by atoms with Gasteiger partial charge in [0.1, 0.15) is 11.6 Å². The third-order valence-electron chi connectivity index (χ3n) is 7.67. The van der Waals surface area contributed by atoms with E-state index in [-0.39, 0.29) is 29.9 Å². The van der Waals surface area contributed by atoms with Crippen molar-refractivity contribution in [3.05, 3.63) is 42.5 Å². The minimum atomic E-state index is -1.11. The molecule has 2 aromatic rings. The second-order valence-electron chi connectivity index (χ2n) is 9.78. The lowest BCUT2D eigenvalue weighted by Crippen LogP contribution is -2.54. The number of amides is 2. The van der Waals surface area contributed by atoms with Crippen molar-refractivity contribution in [1.82, 2.24) is 4.90 Å². The van der Waals surface area contributed by atoms with Gasteiger partial charge in [-0.25, -0.2) is 0 Å². The predicted octanol–water partition coefficient (Wildman–Crippen LogP) is 3.25. The number of carbonyl (C=O) groups is 3. The summed E-state index contributed by atoms with van der Waals surface area (Å²) in [5.74, 6) is -2.54. The summed E-state index contributed by atoms with van der Waals surface area (Å²) in [5.41, 5.74) is -0.471. The second-order valence-corrected chi connectivity index (χ2v) is 11.0. The zero-order valence-electron chi connectivity index (χ0n) is 20.2. The normalized spacial score (nSPS) is 30.6. The predicted molar refractivity (Wildman–Crippen MR) is 138 cm³/mol. The monoisotopic (exact) mass is 558 g/mol. The lowest BCUT2D eigenvalue weighted by atomic mass is 9.70. The van der Waals surface area contributed by atoms with E-state index in [1.54, 1.807) is 11.8 Å². The maximum atomic E-state index is 13.9.